The first-order valence-corrected chi connectivity index (χ1v) is 31.6. The standard InChI is InChI=1S/C65H117NO10/c1-4-7-10-13-16-19-22-24-25-26-27-28-29-30-31-32-33-35-38-41-44-47-50-53-60(70)76-63-62(72)61(71)59(54-67)75-65(63)74-55-56(57(68)51-48-45-42-39-36-21-18-15-12-9-6-3)66-64(73)58(69)52-49-46-43-40-37-34-23-20-17-14-11-8-5-2/h16,19,24-25,27-28,37,40,48,51,56-59,61-63,65,67-69,71-72H,4-15,17-18,20-23,26,29-36,38-39,41-47,49-50,52-55H2,1-3H3,(H,66,73)/b19-16-,25-24-,28-27-,40-37-,51-48+. The summed E-state index contributed by atoms with van der Waals surface area (Å²) in [5, 5.41) is 56.9. The van der Waals surface area contributed by atoms with Crippen molar-refractivity contribution in [1.29, 1.82) is 0 Å². The van der Waals surface area contributed by atoms with E-state index in [0.29, 0.717) is 12.8 Å². The SMILES string of the molecule is CCCCC/C=C\C/C=C\C/C=C\CCCCCCCCCCCCC(=O)OC1C(OCC(NC(=O)C(O)CCCC/C=C\CCCCCCCCC)C(O)/C=C/CCCCCCCCCCC)OC(CO)C(O)C1O. The third-order valence-electron chi connectivity index (χ3n) is 14.6. The summed E-state index contributed by atoms with van der Waals surface area (Å²) in [5.41, 5.74) is 0. The molecule has 1 amide bonds. The third-order valence-corrected chi connectivity index (χ3v) is 14.6. The Hall–Kier alpha value is -2.64. The lowest BCUT2D eigenvalue weighted by Crippen LogP contribution is -2.61. The summed E-state index contributed by atoms with van der Waals surface area (Å²) in [6.45, 7) is 5.74. The fraction of sp³-hybridized carbons (Fsp3) is 0.815. The van der Waals surface area contributed by atoms with Crippen molar-refractivity contribution in [3.05, 3.63) is 60.8 Å². The molecular formula is C65H117NO10. The molecule has 0 aromatic heterocycles. The van der Waals surface area contributed by atoms with Crippen LogP contribution in [0.25, 0.3) is 0 Å². The molecule has 1 aliphatic heterocycles. The highest BCUT2D eigenvalue weighted by Crippen LogP contribution is 2.26. The topological polar surface area (TPSA) is 175 Å². The third kappa shape index (κ3) is 40.5. The van der Waals surface area contributed by atoms with Crippen LogP contribution in [0.4, 0.5) is 0 Å². The van der Waals surface area contributed by atoms with E-state index in [1.165, 1.54) is 154 Å². The molecule has 1 rings (SSSR count). The Bertz CT molecular complexity index is 1460. The van der Waals surface area contributed by atoms with E-state index in [1.54, 1.807) is 6.08 Å². The zero-order valence-corrected chi connectivity index (χ0v) is 48.9. The van der Waals surface area contributed by atoms with Crippen LogP contribution in [0, 0.1) is 0 Å². The van der Waals surface area contributed by atoms with Crippen LogP contribution in [-0.2, 0) is 23.8 Å². The molecule has 1 saturated heterocycles. The number of esters is 1. The number of aliphatic hydroxyl groups excluding tert-OH is 5. The minimum Gasteiger partial charge on any atom is -0.454 e. The van der Waals surface area contributed by atoms with E-state index in [9.17, 15) is 35.1 Å². The van der Waals surface area contributed by atoms with Crippen molar-refractivity contribution in [3.8, 4) is 0 Å². The molecular weight excluding hydrogens is 955 g/mol. The smallest absolute Gasteiger partial charge is 0.306 e. The molecule has 0 saturated carbocycles. The van der Waals surface area contributed by atoms with Gasteiger partial charge < -0.3 is 45.1 Å². The first-order chi connectivity index (χ1) is 37.2. The molecule has 0 aliphatic carbocycles. The first kappa shape index (κ1) is 71.4. The average Bonchev–Trinajstić information content (AvgIpc) is 3.42. The molecule has 1 heterocycles. The van der Waals surface area contributed by atoms with E-state index in [-0.39, 0.29) is 19.4 Å². The maximum atomic E-state index is 13.4. The molecule has 76 heavy (non-hydrogen) atoms. The fourth-order valence-corrected chi connectivity index (χ4v) is 9.59. The molecule has 0 bridgehead atoms. The van der Waals surface area contributed by atoms with Gasteiger partial charge in [0.2, 0.25) is 5.91 Å². The van der Waals surface area contributed by atoms with Gasteiger partial charge >= 0.3 is 5.97 Å². The number of nitrogens with one attached hydrogen (secondary N) is 1. The van der Waals surface area contributed by atoms with Crippen LogP contribution in [0.2, 0.25) is 0 Å². The number of amides is 1. The Morgan fingerprint density at radius 1 is 0.513 bits per heavy atom. The molecule has 11 heteroatoms. The number of unbranched alkanes of at least 4 members (excludes halogenated alkanes) is 31. The van der Waals surface area contributed by atoms with E-state index < -0.39 is 67.4 Å². The molecule has 8 unspecified atom stereocenters. The Morgan fingerprint density at radius 3 is 1.39 bits per heavy atom. The normalized spacial score (nSPS) is 19.5. The molecule has 0 aromatic carbocycles. The summed E-state index contributed by atoms with van der Waals surface area (Å²) in [5.74, 6) is -1.21. The molecule has 6 N–H and O–H groups in total. The Balaban J connectivity index is 2.62. The highest BCUT2D eigenvalue weighted by molar-refractivity contribution is 5.80. The highest BCUT2D eigenvalue weighted by atomic mass is 16.7. The van der Waals surface area contributed by atoms with E-state index in [0.717, 1.165) is 77.0 Å². The summed E-state index contributed by atoms with van der Waals surface area (Å²) >= 11 is 0. The van der Waals surface area contributed by atoms with Crippen LogP contribution in [-0.4, -0.2) is 99.6 Å². The van der Waals surface area contributed by atoms with Crippen molar-refractivity contribution in [2.45, 2.75) is 327 Å². The van der Waals surface area contributed by atoms with Crippen LogP contribution in [0.3, 0.4) is 0 Å². The number of ether oxygens (including phenoxy) is 3. The molecule has 8 atom stereocenters. The molecule has 0 aromatic rings. The molecule has 11 nitrogen and oxygen atoms in total. The van der Waals surface area contributed by atoms with Crippen molar-refractivity contribution < 1.29 is 49.3 Å². The summed E-state index contributed by atoms with van der Waals surface area (Å²) in [6.07, 6.45) is 55.5. The fourth-order valence-electron chi connectivity index (χ4n) is 9.59. The van der Waals surface area contributed by atoms with Crippen LogP contribution in [0.5, 0.6) is 0 Å². The van der Waals surface area contributed by atoms with Gasteiger partial charge in [0, 0.05) is 6.42 Å². The van der Waals surface area contributed by atoms with Crippen molar-refractivity contribution >= 4 is 11.9 Å². The summed E-state index contributed by atoms with van der Waals surface area (Å²) in [6, 6.07) is -1.03. The predicted octanol–water partition coefficient (Wildman–Crippen LogP) is 15.0. The van der Waals surface area contributed by atoms with Gasteiger partial charge in [-0.05, 0) is 89.9 Å². The lowest BCUT2D eigenvalue weighted by Gasteiger charge is -2.41. The second-order valence-corrected chi connectivity index (χ2v) is 21.8. The van der Waals surface area contributed by atoms with Crippen molar-refractivity contribution in [2.24, 2.45) is 0 Å². The molecule has 442 valence electrons. The van der Waals surface area contributed by atoms with Crippen LogP contribution in [0.1, 0.15) is 278 Å². The zero-order chi connectivity index (χ0) is 55.4. The van der Waals surface area contributed by atoms with E-state index in [2.05, 4.69) is 74.7 Å². The second-order valence-electron chi connectivity index (χ2n) is 21.8. The lowest BCUT2D eigenvalue weighted by molar-refractivity contribution is -0.305. The second kappa shape index (κ2) is 53.0. The van der Waals surface area contributed by atoms with Gasteiger partial charge in [0.05, 0.1) is 25.4 Å². The molecule has 1 fully saturated rings. The first-order valence-electron chi connectivity index (χ1n) is 31.6. The van der Waals surface area contributed by atoms with Gasteiger partial charge in [0.15, 0.2) is 12.4 Å². The maximum Gasteiger partial charge on any atom is 0.306 e. The lowest BCUT2D eigenvalue weighted by atomic mass is 9.99. The number of allylic oxidation sites excluding steroid dienone is 9. The van der Waals surface area contributed by atoms with Crippen molar-refractivity contribution in [2.75, 3.05) is 13.2 Å². The largest absolute Gasteiger partial charge is 0.454 e. The average molecular weight is 1070 g/mol. The van der Waals surface area contributed by atoms with E-state index in [4.69, 9.17) is 14.2 Å². The van der Waals surface area contributed by atoms with Gasteiger partial charge in [0.25, 0.3) is 0 Å². The Morgan fingerprint density at radius 2 is 0.908 bits per heavy atom. The summed E-state index contributed by atoms with van der Waals surface area (Å²) in [4.78, 5) is 26.5. The number of aliphatic hydroxyl groups is 5. The molecule has 0 spiro atoms. The number of hydrogen-bond acceptors (Lipinski definition) is 10. The Labute approximate surface area is 465 Å². The monoisotopic (exact) mass is 1070 g/mol. The van der Waals surface area contributed by atoms with Crippen LogP contribution >= 0.6 is 0 Å². The summed E-state index contributed by atoms with van der Waals surface area (Å²) < 4.78 is 17.6. The van der Waals surface area contributed by atoms with Crippen LogP contribution < -0.4 is 5.32 Å². The highest BCUT2D eigenvalue weighted by Gasteiger charge is 2.47. The van der Waals surface area contributed by atoms with E-state index in [1.807, 2.05) is 6.08 Å². The number of carbonyl (C=O) groups is 2. The maximum absolute atomic E-state index is 13.4. The van der Waals surface area contributed by atoms with Gasteiger partial charge in [0.1, 0.15) is 24.4 Å². The number of hydrogen-bond donors (Lipinski definition) is 6. The molecule has 1 aliphatic rings. The minimum absolute atomic E-state index is 0.116. The number of rotatable bonds is 53. The van der Waals surface area contributed by atoms with Gasteiger partial charge in [-0.15, -0.1) is 0 Å². The van der Waals surface area contributed by atoms with Crippen molar-refractivity contribution in [3.63, 3.8) is 0 Å². The van der Waals surface area contributed by atoms with Crippen molar-refractivity contribution in [1.82, 2.24) is 5.32 Å². The van der Waals surface area contributed by atoms with Gasteiger partial charge in [-0.1, -0.05) is 242 Å². The quantitative estimate of drug-likeness (QED) is 0.0195. The van der Waals surface area contributed by atoms with E-state index >= 15 is 0 Å². The van der Waals surface area contributed by atoms with Crippen LogP contribution in [0.15, 0.2) is 60.8 Å². The molecule has 0 radical (unpaired) electrons. The predicted molar refractivity (Wildman–Crippen MR) is 315 cm³/mol. The van der Waals surface area contributed by atoms with Gasteiger partial charge in [-0.2, -0.15) is 0 Å². The van der Waals surface area contributed by atoms with Gasteiger partial charge in [-0.3, -0.25) is 9.59 Å². The number of carbonyl (C=O) groups excluding carboxylic acids is 2. The summed E-state index contributed by atoms with van der Waals surface area (Å²) in [7, 11) is 0. The van der Waals surface area contributed by atoms with Gasteiger partial charge in [-0.25, -0.2) is 0 Å². The Kier molecular flexibility index (Phi) is 49.8. The zero-order valence-electron chi connectivity index (χ0n) is 48.9. The minimum atomic E-state index is -1.62.